The maximum Gasteiger partial charge on any atom is 0.119 e. The van der Waals surface area contributed by atoms with Crippen molar-refractivity contribution in [2.45, 2.75) is 32.7 Å². The van der Waals surface area contributed by atoms with E-state index < -0.39 is 0 Å². The molecule has 2 nitrogen and oxygen atoms in total. The highest BCUT2D eigenvalue weighted by Gasteiger charge is 2.11. The molecular weight excluding hydrogens is 198 g/mol. The zero-order valence-electron chi connectivity index (χ0n) is 10.4. The number of hydrogen-bond donors (Lipinski definition) is 1. The summed E-state index contributed by atoms with van der Waals surface area (Å²) in [5, 5.41) is 0. The van der Waals surface area contributed by atoms with Gasteiger partial charge in [-0.3, -0.25) is 0 Å². The van der Waals surface area contributed by atoms with E-state index in [0.717, 1.165) is 17.7 Å². The molecule has 2 heteroatoms. The van der Waals surface area contributed by atoms with Crippen molar-refractivity contribution in [3.05, 3.63) is 42.0 Å². The van der Waals surface area contributed by atoms with Crippen molar-refractivity contribution < 1.29 is 4.74 Å². The van der Waals surface area contributed by atoms with Crippen LogP contribution in [0.5, 0.6) is 5.75 Å². The highest BCUT2D eigenvalue weighted by Crippen LogP contribution is 2.16. The summed E-state index contributed by atoms with van der Waals surface area (Å²) in [5.41, 5.74) is 8.05. The highest BCUT2D eigenvalue weighted by atomic mass is 16.5. The van der Waals surface area contributed by atoms with Gasteiger partial charge in [-0.2, -0.15) is 0 Å². The summed E-state index contributed by atoms with van der Waals surface area (Å²) >= 11 is 0. The van der Waals surface area contributed by atoms with Gasteiger partial charge in [0, 0.05) is 5.54 Å². The minimum atomic E-state index is -0.167. The fraction of sp³-hybridized carbons (Fsp3) is 0.429. The molecule has 0 saturated heterocycles. The van der Waals surface area contributed by atoms with Crippen molar-refractivity contribution in [3.8, 4) is 5.75 Å². The van der Waals surface area contributed by atoms with Gasteiger partial charge in [0.05, 0.1) is 0 Å². The fourth-order valence-electron chi connectivity index (χ4n) is 1.44. The van der Waals surface area contributed by atoms with Crippen molar-refractivity contribution in [2.75, 3.05) is 6.61 Å². The first-order valence-electron chi connectivity index (χ1n) is 5.52. The molecule has 0 heterocycles. The first-order valence-corrected chi connectivity index (χ1v) is 5.52. The molecule has 88 valence electrons. The van der Waals surface area contributed by atoms with E-state index in [1.165, 1.54) is 5.56 Å². The Morgan fingerprint density at radius 2 is 1.88 bits per heavy atom. The molecule has 0 bridgehead atoms. The minimum Gasteiger partial charge on any atom is -0.489 e. The Morgan fingerprint density at radius 1 is 1.31 bits per heavy atom. The van der Waals surface area contributed by atoms with E-state index in [4.69, 9.17) is 10.5 Å². The van der Waals surface area contributed by atoms with Crippen LogP contribution in [0.15, 0.2) is 36.4 Å². The molecule has 0 aromatic heterocycles. The van der Waals surface area contributed by atoms with E-state index in [-0.39, 0.29) is 5.54 Å². The number of hydrogen-bond acceptors (Lipinski definition) is 2. The SMILES string of the molecule is C=C(C)COc1ccc(CC(C)(C)N)cc1. The fourth-order valence-corrected chi connectivity index (χ4v) is 1.44. The van der Waals surface area contributed by atoms with Crippen molar-refractivity contribution in [1.82, 2.24) is 0 Å². The Balaban J connectivity index is 2.57. The normalized spacial score (nSPS) is 11.2. The number of rotatable bonds is 5. The van der Waals surface area contributed by atoms with E-state index in [0.29, 0.717) is 6.61 Å². The second-order valence-electron chi connectivity index (χ2n) is 5.06. The highest BCUT2D eigenvalue weighted by molar-refractivity contribution is 5.28. The van der Waals surface area contributed by atoms with Crippen molar-refractivity contribution >= 4 is 0 Å². The zero-order chi connectivity index (χ0) is 12.2. The topological polar surface area (TPSA) is 35.2 Å². The van der Waals surface area contributed by atoms with Gasteiger partial charge in [0.2, 0.25) is 0 Å². The predicted molar refractivity (Wildman–Crippen MR) is 68.7 cm³/mol. The van der Waals surface area contributed by atoms with Crippen molar-refractivity contribution in [2.24, 2.45) is 5.73 Å². The van der Waals surface area contributed by atoms with Crippen LogP contribution in [0, 0.1) is 0 Å². The third kappa shape index (κ3) is 4.99. The van der Waals surface area contributed by atoms with E-state index in [1.807, 2.05) is 32.9 Å². The molecular formula is C14H21NO. The van der Waals surface area contributed by atoms with Crippen molar-refractivity contribution in [3.63, 3.8) is 0 Å². The third-order valence-corrected chi connectivity index (χ3v) is 2.07. The molecule has 0 radical (unpaired) electrons. The first-order chi connectivity index (χ1) is 7.37. The van der Waals surface area contributed by atoms with E-state index in [2.05, 4.69) is 18.7 Å². The average Bonchev–Trinajstić information content (AvgIpc) is 2.14. The van der Waals surface area contributed by atoms with Gasteiger partial charge in [-0.05, 0) is 50.5 Å². The lowest BCUT2D eigenvalue weighted by Crippen LogP contribution is -2.34. The summed E-state index contributed by atoms with van der Waals surface area (Å²) in [4.78, 5) is 0. The lowest BCUT2D eigenvalue weighted by molar-refractivity contribution is 0.352. The van der Waals surface area contributed by atoms with Gasteiger partial charge in [-0.1, -0.05) is 18.7 Å². The number of ether oxygens (including phenoxy) is 1. The van der Waals surface area contributed by atoms with Gasteiger partial charge in [0.15, 0.2) is 0 Å². The van der Waals surface area contributed by atoms with E-state index >= 15 is 0 Å². The number of nitrogens with two attached hydrogens (primary N) is 1. The van der Waals surface area contributed by atoms with Crippen LogP contribution in [-0.4, -0.2) is 12.1 Å². The van der Waals surface area contributed by atoms with Gasteiger partial charge in [-0.25, -0.2) is 0 Å². The summed E-state index contributed by atoms with van der Waals surface area (Å²) in [6.07, 6.45) is 0.869. The van der Waals surface area contributed by atoms with Gasteiger partial charge in [-0.15, -0.1) is 0 Å². The van der Waals surface area contributed by atoms with Gasteiger partial charge in [0.25, 0.3) is 0 Å². The number of benzene rings is 1. The lowest BCUT2D eigenvalue weighted by atomic mass is 9.96. The van der Waals surface area contributed by atoms with Crippen LogP contribution >= 0.6 is 0 Å². The van der Waals surface area contributed by atoms with Crippen LogP contribution in [0.3, 0.4) is 0 Å². The molecule has 0 aliphatic rings. The molecule has 1 rings (SSSR count). The molecule has 1 aromatic rings. The molecule has 1 aromatic carbocycles. The van der Waals surface area contributed by atoms with E-state index in [1.54, 1.807) is 0 Å². The summed E-state index contributed by atoms with van der Waals surface area (Å²) in [5.74, 6) is 0.876. The molecule has 0 unspecified atom stereocenters. The summed E-state index contributed by atoms with van der Waals surface area (Å²) in [6, 6.07) is 8.07. The smallest absolute Gasteiger partial charge is 0.119 e. The van der Waals surface area contributed by atoms with Gasteiger partial charge in [0.1, 0.15) is 12.4 Å². The van der Waals surface area contributed by atoms with Crippen LogP contribution in [0.1, 0.15) is 26.3 Å². The largest absolute Gasteiger partial charge is 0.489 e. The van der Waals surface area contributed by atoms with Gasteiger partial charge >= 0.3 is 0 Å². The van der Waals surface area contributed by atoms with Crippen molar-refractivity contribution in [1.29, 1.82) is 0 Å². The van der Waals surface area contributed by atoms with Gasteiger partial charge < -0.3 is 10.5 Å². The molecule has 2 N–H and O–H groups in total. The average molecular weight is 219 g/mol. The Labute approximate surface area is 98.1 Å². The van der Waals surface area contributed by atoms with E-state index in [9.17, 15) is 0 Å². The minimum absolute atomic E-state index is 0.167. The predicted octanol–water partition coefficient (Wildman–Crippen LogP) is 2.92. The second-order valence-corrected chi connectivity index (χ2v) is 5.06. The maximum absolute atomic E-state index is 5.96. The maximum atomic E-state index is 5.96. The Bertz CT molecular complexity index is 346. The Morgan fingerprint density at radius 3 is 2.31 bits per heavy atom. The summed E-state index contributed by atoms with van der Waals surface area (Å²) in [7, 11) is 0. The molecule has 0 atom stereocenters. The Kier molecular flexibility index (Phi) is 4.13. The standard InChI is InChI=1S/C14H21NO/c1-11(2)10-16-13-7-5-12(6-8-13)9-14(3,4)15/h5-8H,1,9-10,15H2,2-4H3. The quantitative estimate of drug-likeness (QED) is 0.773. The third-order valence-electron chi connectivity index (χ3n) is 2.07. The summed E-state index contributed by atoms with van der Waals surface area (Å²) in [6.45, 7) is 10.4. The second kappa shape index (κ2) is 5.17. The zero-order valence-corrected chi connectivity index (χ0v) is 10.4. The van der Waals surface area contributed by atoms with Crippen LogP contribution in [0.2, 0.25) is 0 Å². The lowest BCUT2D eigenvalue weighted by Gasteiger charge is -2.18. The molecule has 0 aliphatic heterocycles. The molecule has 0 saturated carbocycles. The molecule has 0 aliphatic carbocycles. The van der Waals surface area contributed by atoms with Crippen LogP contribution < -0.4 is 10.5 Å². The van der Waals surface area contributed by atoms with Crippen LogP contribution in [0.25, 0.3) is 0 Å². The van der Waals surface area contributed by atoms with Crippen LogP contribution in [0.4, 0.5) is 0 Å². The summed E-state index contributed by atoms with van der Waals surface area (Å²) < 4.78 is 5.52. The molecule has 0 fully saturated rings. The van der Waals surface area contributed by atoms with Crippen LogP contribution in [-0.2, 0) is 6.42 Å². The monoisotopic (exact) mass is 219 g/mol. The molecule has 0 amide bonds. The molecule has 0 spiro atoms. The molecule has 16 heavy (non-hydrogen) atoms. The Hall–Kier alpha value is -1.28. The first kappa shape index (κ1) is 12.8.